The van der Waals surface area contributed by atoms with E-state index in [0.29, 0.717) is 0 Å². The van der Waals surface area contributed by atoms with E-state index in [1.807, 2.05) is 48.5 Å². The lowest BCUT2D eigenvalue weighted by Gasteiger charge is -2.10. The molecule has 0 saturated carbocycles. The van der Waals surface area contributed by atoms with Gasteiger partial charge in [0, 0.05) is 21.2 Å². The van der Waals surface area contributed by atoms with Gasteiger partial charge >= 0.3 is 0 Å². The van der Waals surface area contributed by atoms with E-state index in [9.17, 15) is 0 Å². The minimum Gasteiger partial charge on any atom is -0.228 e. The predicted molar refractivity (Wildman–Crippen MR) is 131 cm³/mol. The Morgan fingerprint density at radius 2 is 0.968 bits per heavy atom. The zero-order valence-corrected chi connectivity index (χ0v) is 18.3. The average Bonchev–Trinajstić information content (AvgIpc) is 2.85. The van der Waals surface area contributed by atoms with Gasteiger partial charge in [-0.2, -0.15) is 0 Å². The summed E-state index contributed by atoms with van der Waals surface area (Å²) in [6.07, 6.45) is 0. The minimum absolute atomic E-state index is 0.728. The third-order valence-electron chi connectivity index (χ3n) is 5.16. The molecular formula is C28H19BrN2. The van der Waals surface area contributed by atoms with Crippen molar-refractivity contribution in [1.82, 2.24) is 9.97 Å². The van der Waals surface area contributed by atoms with Crippen molar-refractivity contribution in [1.29, 1.82) is 0 Å². The summed E-state index contributed by atoms with van der Waals surface area (Å²) < 4.78 is 1.07. The van der Waals surface area contributed by atoms with Gasteiger partial charge in [-0.05, 0) is 35.4 Å². The third-order valence-corrected chi connectivity index (χ3v) is 5.69. The van der Waals surface area contributed by atoms with E-state index in [-0.39, 0.29) is 0 Å². The van der Waals surface area contributed by atoms with Crippen LogP contribution in [0.1, 0.15) is 0 Å². The maximum absolute atomic E-state index is 4.93. The fourth-order valence-electron chi connectivity index (χ4n) is 3.57. The van der Waals surface area contributed by atoms with Crippen molar-refractivity contribution >= 4 is 15.9 Å². The molecule has 1 aromatic heterocycles. The lowest BCUT2D eigenvalue weighted by atomic mass is 10.0. The molecule has 5 rings (SSSR count). The van der Waals surface area contributed by atoms with Crippen molar-refractivity contribution in [3.63, 3.8) is 0 Å². The van der Waals surface area contributed by atoms with Crippen LogP contribution in [-0.2, 0) is 0 Å². The summed E-state index contributed by atoms with van der Waals surface area (Å²) in [5.74, 6) is 0.728. The summed E-state index contributed by atoms with van der Waals surface area (Å²) >= 11 is 3.51. The molecule has 2 nitrogen and oxygen atoms in total. The molecule has 0 saturated heterocycles. The zero-order valence-electron chi connectivity index (χ0n) is 16.7. The van der Waals surface area contributed by atoms with Gasteiger partial charge in [0.05, 0.1) is 11.4 Å². The molecule has 0 bridgehead atoms. The first kappa shape index (κ1) is 19.4. The van der Waals surface area contributed by atoms with Crippen molar-refractivity contribution in [2.45, 2.75) is 0 Å². The minimum atomic E-state index is 0.728. The topological polar surface area (TPSA) is 25.8 Å². The number of hydrogen-bond donors (Lipinski definition) is 0. The van der Waals surface area contributed by atoms with E-state index in [4.69, 9.17) is 9.97 Å². The highest BCUT2D eigenvalue weighted by Crippen LogP contribution is 2.30. The largest absolute Gasteiger partial charge is 0.228 e. The van der Waals surface area contributed by atoms with Gasteiger partial charge in [-0.1, -0.05) is 107 Å². The summed E-state index contributed by atoms with van der Waals surface area (Å²) in [5, 5.41) is 0. The molecule has 0 radical (unpaired) electrons. The quantitative estimate of drug-likeness (QED) is 0.271. The zero-order chi connectivity index (χ0) is 21.0. The van der Waals surface area contributed by atoms with Crippen molar-refractivity contribution in [3.8, 4) is 45.0 Å². The first-order chi connectivity index (χ1) is 15.3. The van der Waals surface area contributed by atoms with Crippen LogP contribution in [0.5, 0.6) is 0 Å². The molecule has 0 aliphatic carbocycles. The Hall–Kier alpha value is -3.56. The molecule has 0 aliphatic heterocycles. The molecule has 0 amide bonds. The second-order valence-electron chi connectivity index (χ2n) is 7.28. The third kappa shape index (κ3) is 4.32. The van der Waals surface area contributed by atoms with Gasteiger partial charge in [0.25, 0.3) is 0 Å². The fraction of sp³-hybridized carbons (Fsp3) is 0. The van der Waals surface area contributed by atoms with E-state index in [0.717, 1.165) is 43.9 Å². The Kier molecular flexibility index (Phi) is 5.42. The van der Waals surface area contributed by atoms with Gasteiger partial charge in [-0.3, -0.25) is 0 Å². The molecule has 31 heavy (non-hydrogen) atoms. The molecule has 3 heteroatoms. The highest BCUT2D eigenvalue weighted by molar-refractivity contribution is 9.10. The molecule has 5 aromatic rings. The molecule has 0 atom stereocenters. The molecule has 148 valence electrons. The normalized spacial score (nSPS) is 10.7. The monoisotopic (exact) mass is 462 g/mol. The molecular weight excluding hydrogens is 444 g/mol. The summed E-state index contributed by atoms with van der Waals surface area (Å²) in [7, 11) is 0. The average molecular weight is 463 g/mol. The van der Waals surface area contributed by atoms with E-state index in [2.05, 4.69) is 82.7 Å². The fourth-order valence-corrected chi connectivity index (χ4v) is 3.83. The first-order valence-electron chi connectivity index (χ1n) is 10.1. The summed E-state index contributed by atoms with van der Waals surface area (Å²) in [6.45, 7) is 0. The smallest absolute Gasteiger partial charge is 0.160 e. The Bertz CT molecular complexity index is 1260. The van der Waals surface area contributed by atoms with Gasteiger partial charge in [0.2, 0.25) is 0 Å². The van der Waals surface area contributed by atoms with Crippen molar-refractivity contribution in [3.05, 3.63) is 120 Å². The van der Waals surface area contributed by atoms with Crippen molar-refractivity contribution < 1.29 is 0 Å². The summed E-state index contributed by atoms with van der Waals surface area (Å²) in [5.41, 5.74) is 7.30. The first-order valence-corrected chi connectivity index (χ1v) is 10.9. The Balaban J connectivity index is 1.65. The van der Waals surface area contributed by atoms with Gasteiger partial charge in [0.15, 0.2) is 5.82 Å². The highest BCUT2D eigenvalue weighted by Gasteiger charge is 2.11. The number of benzene rings is 4. The van der Waals surface area contributed by atoms with Crippen LogP contribution in [0.15, 0.2) is 120 Å². The maximum atomic E-state index is 4.93. The highest BCUT2D eigenvalue weighted by atomic mass is 79.9. The lowest BCUT2D eigenvalue weighted by molar-refractivity contribution is 1.18. The van der Waals surface area contributed by atoms with Crippen molar-refractivity contribution in [2.75, 3.05) is 0 Å². The van der Waals surface area contributed by atoms with Gasteiger partial charge in [-0.25, -0.2) is 9.97 Å². The number of halogens is 1. The van der Waals surface area contributed by atoms with Crippen LogP contribution in [0.2, 0.25) is 0 Å². The second kappa shape index (κ2) is 8.66. The molecule has 0 spiro atoms. The van der Waals surface area contributed by atoms with Gasteiger partial charge < -0.3 is 0 Å². The number of aromatic nitrogens is 2. The molecule has 0 N–H and O–H groups in total. The molecule has 1 heterocycles. The Morgan fingerprint density at radius 3 is 1.65 bits per heavy atom. The van der Waals surface area contributed by atoms with Gasteiger partial charge in [0.1, 0.15) is 0 Å². The van der Waals surface area contributed by atoms with Crippen LogP contribution in [0.25, 0.3) is 45.0 Å². The van der Waals surface area contributed by atoms with Crippen LogP contribution in [-0.4, -0.2) is 9.97 Å². The van der Waals surface area contributed by atoms with Gasteiger partial charge in [-0.15, -0.1) is 0 Å². The predicted octanol–water partition coefficient (Wildman–Crippen LogP) is 7.91. The van der Waals surface area contributed by atoms with E-state index < -0.39 is 0 Å². The number of nitrogens with zero attached hydrogens (tertiary/aromatic N) is 2. The van der Waals surface area contributed by atoms with E-state index >= 15 is 0 Å². The molecule has 0 fully saturated rings. The Morgan fingerprint density at radius 1 is 0.419 bits per heavy atom. The SMILES string of the molecule is Brc1ccc(-c2cccc(-c3cc(-c4ccccc4)nc(-c4ccccc4)n3)c2)cc1. The maximum Gasteiger partial charge on any atom is 0.160 e. The van der Waals surface area contributed by atoms with Crippen LogP contribution in [0.4, 0.5) is 0 Å². The van der Waals surface area contributed by atoms with Crippen LogP contribution in [0.3, 0.4) is 0 Å². The lowest BCUT2D eigenvalue weighted by Crippen LogP contribution is -1.96. The summed E-state index contributed by atoms with van der Waals surface area (Å²) in [6, 6.07) is 39.3. The summed E-state index contributed by atoms with van der Waals surface area (Å²) in [4.78, 5) is 9.80. The number of rotatable bonds is 4. The van der Waals surface area contributed by atoms with Crippen molar-refractivity contribution in [2.24, 2.45) is 0 Å². The van der Waals surface area contributed by atoms with Crippen LogP contribution < -0.4 is 0 Å². The van der Waals surface area contributed by atoms with Crippen LogP contribution >= 0.6 is 15.9 Å². The molecule has 0 unspecified atom stereocenters. The standard InChI is InChI=1S/C28H19BrN2/c29-25-16-14-20(15-17-25)23-12-7-13-24(18-23)27-19-26(21-8-3-1-4-9-21)30-28(31-27)22-10-5-2-6-11-22/h1-19H. The molecule has 4 aromatic carbocycles. The second-order valence-corrected chi connectivity index (χ2v) is 8.20. The van der Waals surface area contributed by atoms with E-state index in [1.54, 1.807) is 0 Å². The number of hydrogen-bond acceptors (Lipinski definition) is 2. The Labute approximate surface area is 190 Å². The van der Waals surface area contributed by atoms with Crippen LogP contribution in [0, 0.1) is 0 Å². The molecule has 0 aliphatic rings. The van der Waals surface area contributed by atoms with E-state index in [1.165, 1.54) is 5.56 Å².